The van der Waals surface area contributed by atoms with Gasteiger partial charge >= 0.3 is 5.97 Å². The van der Waals surface area contributed by atoms with Crippen LogP contribution >= 0.6 is 11.6 Å². The fourth-order valence-corrected chi connectivity index (χ4v) is 2.90. The molecule has 5 nitrogen and oxygen atoms in total. The molecule has 3 aromatic carbocycles. The molecule has 0 aromatic heterocycles. The van der Waals surface area contributed by atoms with Gasteiger partial charge in [0.25, 0.3) is 0 Å². The van der Waals surface area contributed by atoms with E-state index in [1.807, 2.05) is 18.2 Å². The highest BCUT2D eigenvalue weighted by Gasteiger charge is 2.08. The van der Waals surface area contributed by atoms with Crippen LogP contribution in [0.25, 0.3) is 11.6 Å². The summed E-state index contributed by atoms with van der Waals surface area (Å²) in [6.45, 7) is 0.363. The lowest BCUT2D eigenvalue weighted by Gasteiger charge is -2.12. The van der Waals surface area contributed by atoms with Crippen LogP contribution in [0.5, 0.6) is 11.5 Å². The third-order valence-electron chi connectivity index (χ3n) is 4.37. The van der Waals surface area contributed by atoms with E-state index < -0.39 is 5.97 Å². The Balaban J connectivity index is 1.80. The molecule has 0 heterocycles. The molecule has 0 atom stereocenters. The van der Waals surface area contributed by atoms with Crippen LogP contribution in [0, 0.1) is 11.3 Å². The van der Waals surface area contributed by atoms with Crippen LogP contribution < -0.4 is 9.47 Å². The standard InChI is InChI=1S/C24H18ClNO4/c1-29-23-13-17(4-11-22(23)30-15-16-2-9-21(25)10-3-16)12-20(14-26)18-5-7-19(8-6-18)24(27)28/h2-13H,15H2,1H3,(H,27,28)/b20-12-. The number of benzene rings is 3. The lowest BCUT2D eigenvalue weighted by atomic mass is 10.0. The van der Waals surface area contributed by atoms with Gasteiger partial charge in [0.05, 0.1) is 24.3 Å². The van der Waals surface area contributed by atoms with E-state index in [1.54, 1.807) is 49.6 Å². The summed E-state index contributed by atoms with van der Waals surface area (Å²) in [6.07, 6.45) is 1.71. The number of halogens is 1. The predicted octanol–water partition coefficient (Wildman–Crippen LogP) is 5.69. The zero-order valence-electron chi connectivity index (χ0n) is 16.1. The van der Waals surface area contributed by atoms with Gasteiger partial charge in [-0.25, -0.2) is 4.79 Å². The molecular formula is C24H18ClNO4. The monoisotopic (exact) mass is 419 g/mol. The summed E-state index contributed by atoms with van der Waals surface area (Å²) in [4.78, 5) is 11.0. The van der Waals surface area contributed by atoms with E-state index in [9.17, 15) is 10.1 Å². The highest BCUT2D eigenvalue weighted by molar-refractivity contribution is 6.30. The first-order valence-corrected chi connectivity index (χ1v) is 9.39. The molecule has 0 aliphatic carbocycles. The fraction of sp³-hybridized carbons (Fsp3) is 0.0833. The van der Waals surface area contributed by atoms with Crippen LogP contribution in [0.3, 0.4) is 0 Å². The molecule has 0 spiro atoms. The summed E-state index contributed by atoms with van der Waals surface area (Å²) in [5.41, 5.74) is 2.93. The number of ether oxygens (including phenoxy) is 2. The zero-order valence-corrected chi connectivity index (χ0v) is 16.9. The molecule has 0 bridgehead atoms. The lowest BCUT2D eigenvalue weighted by Crippen LogP contribution is -1.98. The minimum atomic E-state index is -1.01. The Bertz CT molecular complexity index is 1110. The number of methoxy groups -OCH3 is 1. The molecule has 0 fully saturated rings. The van der Waals surface area contributed by atoms with E-state index in [0.29, 0.717) is 34.3 Å². The first kappa shape index (κ1) is 21.0. The number of allylic oxidation sites excluding steroid dienone is 1. The molecule has 30 heavy (non-hydrogen) atoms. The van der Waals surface area contributed by atoms with Gasteiger partial charge in [0, 0.05) is 5.02 Å². The summed E-state index contributed by atoms with van der Waals surface area (Å²) in [5.74, 6) is 0.105. The van der Waals surface area contributed by atoms with Crippen molar-refractivity contribution in [3.8, 4) is 17.6 Å². The average Bonchev–Trinajstić information content (AvgIpc) is 2.77. The normalized spacial score (nSPS) is 10.9. The predicted molar refractivity (Wildman–Crippen MR) is 116 cm³/mol. The number of carboxylic acid groups (broad SMARTS) is 1. The number of nitrogens with zero attached hydrogens (tertiary/aromatic N) is 1. The summed E-state index contributed by atoms with van der Waals surface area (Å²) >= 11 is 5.90. The largest absolute Gasteiger partial charge is 0.493 e. The van der Waals surface area contributed by atoms with E-state index in [4.69, 9.17) is 26.2 Å². The quantitative estimate of drug-likeness (QED) is 0.393. The number of carbonyl (C=O) groups is 1. The van der Waals surface area contributed by atoms with Crippen molar-refractivity contribution in [3.05, 3.63) is 94.0 Å². The Morgan fingerprint density at radius 3 is 2.30 bits per heavy atom. The number of hydrogen-bond acceptors (Lipinski definition) is 4. The van der Waals surface area contributed by atoms with E-state index in [2.05, 4.69) is 6.07 Å². The van der Waals surface area contributed by atoms with Crippen LogP contribution in [0.2, 0.25) is 5.02 Å². The van der Waals surface area contributed by atoms with E-state index in [1.165, 1.54) is 12.1 Å². The molecule has 0 radical (unpaired) electrons. The summed E-state index contributed by atoms with van der Waals surface area (Å²) in [6, 6.07) is 21.1. The maximum absolute atomic E-state index is 11.0. The third-order valence-corrected chi connectivity index (χ3v) is 4.62. The van der Waals surface area contributed by atoms with Crippen molar-refractivity contribution in [1.82, 2.24) is 0 Å². The topological polar surface area (TPSA) is 79.5 Å². The molecule has 3 aromatic rings. The Morgan fingerprint density at radius 2 is 1.70 bits per heavy atom. The van der Waals surface area contributed by atoms with Gasteiger partial charge in [-0.2, -0.15) is 5.26 Å². The van der Waals surface area contributed by atoms with Crippen molar-refractivity contribution in [3.63, 3.8) is 0 Å². The smallest absolute Gasteiger partial charge is 0.335 e. The second-order valence-electron chi connectivity index (χ2n) is 6.38. The van der Waals surface area contributed by atoms with Gasteiger partial charge in [0.1, 0.15) is 6.61 Å². The van der Waals surface area contributed by atoms with Crippen molar-refractivity contribution < 1.29 is 19.4 Å². The first-order chi connectivity index (χ1) is 14.5. The molecule has 0 amide bonds. The molecule has 0 saturated heterocycles. The maximum Gasteiger partial charge on any atom is 0.335 e. The number of carboxylic acids is 1. The molecule has 0 unspecified atom stereocenters. The van der Waals surface area contributed by atoms with Crippen LogP contribution in [-0.4, -0.2) is 18.2 Å². The van der Waals surface area contributed by atoms with E-state index >= 15 is 0 Å². The van der Waals surface area contributed by atoms with Crippen molar-refractivity contribution in [1.29, 1.82) is 5.26 Å². The summed E-state index contributed by atoms with van der Waals surface area (Å²) in [5, 5.41) is 19.2. The number of rotatable bonds is 7. The van der Waals surface area contributed by atoms with Crippen molar-refractivity contribution in [2.24, 2.45) is 0 Å². The van der Waals surface area contributed by atoms with Gasteiger partial charge < -0.3 is 14.6 Å². The maximum atomic E-state index is 11.0. The van der Waals surface area contributed by atoms with Crippen LogP contribution in [0.15, 0.2) is 66.7 Å². The Hall–Kier alpha value is -3.75. The highest BCUT2D eigenvalue weighted by atomic mass is 35.5. The summed E-state index contributed by atoms with van der Waals surface area (Å²) < 4.78 is 11.3. The Labute approximate surface area is 179 Å². The van der Waals surface area contributed by atoms with Gasteiger partial charge in [-0.05, 0) is 59.2 Å². The fourth-order valence-electron chi connectivity index (χ4n) is 2.77. The Kier molecular flexibility index (Phi) is 6.74. The van der Waals surface area contributed by atoms with Gasteiger partial charge in [0.15, 0.2) is 11.5 Å². The van der Waals surface area contributed by atoms with Crippen molar-refractivity contribution in [2.75, 3.05) is 7.11 Å². The molecule has 3 rings (SSSR count). The molecule has 1 N–H and O–H groups in total. The number of nitriles is 1. The van der Waals surface area contributed by atoms with Gasteiger partial charge in [-0.15, -0.1) is 0 Å². The second kappa shape index (κ2) is 9.64. The average molecular weight is 420 g/mol. The zero-order chi connectivity index (χ0) is 21.5. The Morgan fingerprint density at radius 1 is 1.03 bits per heavy atom. The SMILES string of the molecule is COc1cc(/C=C(/C#N)c2ccc(C(=O)O)cc2)ccc1OCc1ccc(Cl)cc1. The highest BCUT2D eigenvalue weighted by Crippen LogP contribution is 2.30. The van der Waals surface area contributed by atoms with Crippen LogP contribution in [0.4, 0.5) is 0 Å². The molecule has 0 aliphatic rings. The molecule has 6 heteroatoms. The van der Waals surface area contributed by atoms with E-state index in [-0.39, 0.29) is 5.56 Å². The van der Waals surface area contributed by atoms with Crippen molar-refractivity contribution in [2.45, 2.75) is 6.61 Å². The molecule has 0 aliphatic heterocycles. The second-order valence-corrected chi connectivity index (χ2v) is 6.81. The minimum Gasteiger partial charge on any atom is -0.493 e. The van der Waals surface area contributed by atoms with Crippen molar-refractivity contribution >= 4 is 29.2 Å². The minimum absolute atomic E-state index is 0.167. The van der Waals surface area contributed by atoms with Crippen LogP contribution in [0.1, 0.15) is 27.0 Å². The first-order valence-electron chi connectivity index (χ1n) is 9.01. The molecular weight excluding hydrogens is 402 g/mol. The van der Waals surface area contributed by atoms with Gasteiger partial charge in [0.2, 0.25) is 0 Å². The van der Waals surface area contributed by atoms with Gasteiger partial charge in [-0.3, -0.25) is 0 Å². The molecule has 150 valence electrons. The summed E-state index contributed by atoms with van der Waals surface area (Å²) in [7, 11) is 1.55. The van der Waals surface area contributed by atoms with E-state index in [0.717, 1.165) is 11.1 Å². The number of aromatic carboxylic acids is 1. The van der Waals surface area contributed by atoms with Gasteiger partial charge in [-0.1, -0.05) is 41.9 Å². The number of hydrogen-bond donors (Lipinski definition) is 1. The third kappa shape index (κ3) is 5.19. The van der Waals surface area contributed by atoms with Crippen LogP contribution in [-0.2, 0) is 6.61 Å². The lowest BCUT2D eigenvalue weighted by molar-refractivity contribution is 0.0697. The molecule has 0 saturated carbocycles.